The summed E-state index contributed by atoms with van der Waals surface area (Å²) < 4.78 is 5.60. The van der Waals surface area contributed by atoms with Gasteiger partial charge in [0.15, 0.2) is 0 Å². The summed E-state index contributed by atoms with van der Waals surface area (Å²) in [4.78, 5) is 4.59. The molecule has 80 valence electrons. The van der Waals surface area contributed by atoms with E-state index in [0.29, 0.717) is 12.0 Å². The molecule has 0 fully saturated rings. The van der Waals surface area contributed by atoms with E-state index < -0.39 is 0 Å². The number of ether oxygens (including phenoxy) is 1. The van der Waals surface area contributed by atoms with Crippen LogP contribution in [0.3, 0.4) is 0 Å². The number of hydrogen-bond acceptors (Lipinski definition) is 2. The molecule has 1 atom stereocenters. The van der Waals surface area contributed by atoms with Crippen LogP contribution in [0.1, 0.15) is 25.8 Å². The van der Waals surface area contributed by atoms with Gasteiger partial charge in [-0.05, 0) is 24.5 Å². The summed E-state index contributed by atoms with van der Waals surface area (Å²) >= 11 is 0. The Hall–Kier alpha value is -1.31. The molecule has 0 radical (unpaired) electrons. The normalized spacial score (nSPS) is 20.2. The van der Waals surface area contributed by atoms with Gasteiger partial charge in [0.2, 0.25) is 5.90 Å². The Kier molecular flexibility index (Phi) is 3.05. The Balaban J connectivity index is 2.07. The second-order valence-electron chi connectivity index (χ2n) is 4.39. The molecular formula is C13H17NO. The molecule has 0 saturated carbocycles. The zero-order valence-corrected chi connectivity index (χ0v) is 9.31. The molecular weight excluding hydrogens is 186 g/mol. The van der Waals surface area contributed by atoms with Gasteiger partial charge >= 0.3 is 0 Å². The molecule has 2 nitrogen and oxygen atoms in total. The van der Waals surface area contributed by atoms with Crippen molar-refractivity contribution in [2.45, 2.75) is 26.3 Å². The fourth-order valence-corrected chi connectivity index (χ4v) is 1.82. The maximum Gasteiger partial charge on any atom is 0.216 e. The summed E-state index contributed by atoms with van der Waals surface area (Å²) in [5.41, 5.74) is 1.09. The highest BCUT2D eigenvalue weighted by Crippen LogP contribution is 2.17. The van der Waals surface area contributed by atoms with Crippen molar-refractivity contribution < 1.29 is 4.74 Å². The summed E-state index contributed by atoms with van der Waals surface area (Å²) in [6, 6.07) is 10.5. The van der Waals surface area contributed by atoms with Gasteiger partial charge in [-0.15, -0.1) is 0 Å². The van der Waals surface area contributed by atoms with E-state index in [1.165, 1.54) is 0 Å². The van der Waals surface area contributed by atoms with E-state index in [2.05, 4.69) is 18.8 Å². The Morgan fingerprint density at radius 1 is 1.33 bits per heavy atom. The average molecular weight is 203 g/mol. The lowest BCUT2D eigenvalue weighted by molar-refractivity contribution is 0.301. The number of benzene rings is 1. The molecule has 1 aliphatic heterocycles. The fourth-order valence-electron chi connectivity index (χ4n) is 1.82. The van der Waals surface area contributed by atoms with E-state index in [0.717, 1.165) is 24.5 Å². The van der Waals surface area contributed by atoms with Gasteiger partial charge in [0.1, 0.15) is 6.61 Å². The van der Waals surface area contributed by atoms with Crippen LogP contribution in [0.4, 0.5) is 0 Å². The van der Waals surface area contributed by atoms with E-state index in [4.69, 9.17) is 4.74 Å². The lowest BCUT2D eigenvalue weighted by atomic mass is 10.1. The third kappa shape index (κ3) is 2.58. The van der Waals surface area contributed by atoms with Crippen molar-refractivity contribution in [3.8, 4) is 0 Å². The van der Waals surface area contributed by atoms with Crippen LogP contribution in [-0.4, -0.2) is 18.5 Å². The van der Waals surface area contributed by atoms with Crippen molar-refractivity contribution in [3.05, 3.63) is 35.9 Å². The van der Waals surface area contributed by atoms with Crippen LogP contribution in [0, 0.1) is 5.92 Å². The van der Waals surface area contributed by atoms with E-state index in [-0.39, 0.29) is 0 Å². The SMILES string of the molecule is CC(C)CC1COC(c2ccccc2)=N1. The van der Waals surface area contributed by atoms with Gasteiger partial charge in [-0.2, -0.15) is 0 Å². The summed E-state index contributed by atoms with van der Waals surface area (Å²) in [6.45, 7) is 5.18. The number of nitrogens with zero attached hydrogens (tertiary/aromatic N) is 1. The molecule has 1 aromatic carbocycles. The van der Waals surface area contributed by atoms with Gasteiger partial charge in [-0.1, -0.05) is 32.0 Å². The van der Waals surface area contributed by atoms with Crippen molar-refractivity contribution >= 4 is 5.90 Å². The second kappa shape index (κ2) is 4.47. The van der Waals surface area contributed by atoms with E-state index in [9.17, 15) is 0 Å². The molecule has 2 rings (SSSR count). The minimum absolute atomic E-state index is 0.347. The van der Waals surface area contributed by atoms with Crippen LogP contribution in [-0.2, 0) is 4.74 Å². The van der Waals surface area contributed by atoms with Gasteiger partial charge in [-0.3, -0.25) is 0 Å². The summed E-state index contributed by atoms with van der Waals surface area (Å²) in [5.74, 6) is 1.48. The standard InChI is InChI=1S/C13H17NO/c1-10(2)8-12-9-15-13(14-12)11-6-4-3-5-7-11/h3-7,10,12H,8-9H2,1-2H3. The molecule has 0 N–H and O–H groups in total. The zero-order valence-electron chi connectivity index (χ0n) is 9.31. The lowest BCUT2D eigenvalue weighted by Gasteiger charge is -2.06. The number of aliphatic imine (C=N–C) groups is 1. The van der Waals surface area contributed by atoms with E-state index >= 15 is 0 Å². The Labute approximate surface area is 91.0 Å². The van der Waals surface area contributed by atoms with Gasteiger partial charge in [0, 0.05) is 5.56 Å². The highest BCUT2D eigenvalue weighted by atomic mass is 16.5. The number of rotatable bonds is 3. The van der Waals surface area contributed by atoms with Crippen LogP contribution >= 0.6 is 0 Å². The smallest absolute Gasteiger partial charge is 0.216 e. The first-order valence-corrected chi connectivity index (χ1v) is 5.51. The van der Waals surface area contributed by atoms with Gasteiger partial charge < -0.3 is 4.74 Å². The third-order valence-electron chi connectivity index (χ3n) is 2.48. The topological polar surface area (TPSA) is 21.6 Å². The van der Waals surface area contributed by atoms with Crippen LogP contribution in [0.25, 0.3) is 0 Å². The van der Waals surface area contributed by atoms with Crippen molar-refractivity contribution in [2.75, 3.05) is 6.61 Å². The Morgan fingerprint density at radius 2 is 2.07 bits per heavy atom. The predicted molar refractivity (Wildman–Crippen MR) is 62.2 cm³/mol. The van der Waals surface area contributed by atoms with Crippen molar-refractivity contribution in [2.24, 2.45) is 10.9 Å². The fraction of sp³-hybridized carbons (Fsp3) is 0.462. The van der Waals surface area contributed by atoms with Crippen LogP contribution < -0.4 is 0 Å². The number of hydrogen-bond donors (Lipinski definition) is 0. The van der Waals surface area contributed by atoms with Gasteiger partial charge in [-0.25, -0.2) is 4.99 Å². The maximum absolute atomic E-state index is 5.60. The first-order chi connectivity index (χ1) is 7.25. The van der Waals surface area contributed by atoms with Gasteiger partial charge in [0.25, 0.3) is 0 Å². The lowest BCUT2D eigenvalue weighted by Crippen LogP contribution is -2.09. The summed E-state index contributed by atoms with van der Waals surface area (Å²) in [6.07, 6.45) is 1.11. The van der Waals surface area contributed by atoms with Crippen molar-refractivity contribution in [1.82, 2.24) is 0 Å². The van der Waals surface area contributed by atoms with Crippen LogP contribution in [0.5, 0.6) is 0 Å². The summed E-state index contributed by atoms with van der Waals surface area (Å²) in [7, 11) is 0. The van der Waals surface area contributed by atoms with Crippen LogP contribution in [0.15, 0.2) is 35.3 Å². The molecule has 0 amide bonds. The molecule has 0 saturated heterocycles. The average Bonchev–Trinajstić information content (AvgIpc) is 2.67. The monoisotopic (exact) mass is 203 g/mol. The molecule has 15 heavy (non-hydrogen) atoms. The molecule has 2 heteroatoms. The molecule has 0 aromatic heterocycles. The molecule has 1 unspecified atom stereocenters. The summed E-state index contributed by atoms with van der Waals surface area (Å²) in [5, 5.41) is 0. The highest BCUT2D eigenvalue weighted by Gasteiger charge is 2.20. The quantitative estimate of drug-likeness (QED) is 0.740. The van der Waals surface area contributed by atoms with E-state index in [1.807, 2.05) is 30.3 Å². The molecule has 0 spiro atoms. The first kappa shape index (κ1) is 10.2. The Bertz CT molecular complexity index is 343. The predicted octanol–water partition coefficient (Wildman–Crippen LogP) is 2.88. The third-order valence-corrected chi connectivity index (χ3v) is 2.48. The second-order valence-corrected chi connectivity index (χ2v) is 4.39. The zero-order chi connectivity index (χ0) is 10.7. The highest BCUT2D eigenvalue weighted by molar-refractivity contribution is 5.95. The van der Waals surface area contributed by atoms with Crippen LogP contribution in [0.2, 0.25) is 0 Å². The molecule has 1 aliphatic rings. The van der Waals surface area contributed by atoms with Gasteiger partial charge in [0.05, 0.1) is 6.04 Å². The van der Waals surface area contributed by atoms with Crippen molar-refractivity contribution in [3.63, 3.8) is 0 Å². The maximum atomic E-state index is 5.60. The molecule has 1 heterocycles. The Morgan fingerprint density at radius 3 is 2.73 bits per heavy atom. The molecule has 1 aromatic rings. The van der Waals surface area contributed by atoms with Crippen molar-refractivity contribution in [1.29, 1.82) is 0 Å². The minimum Gasteiger partial charge on any atom is -0.475 e. The molecule has 0 bridgehead atoms. The first-order valence-electron chi connectivity index (χ1n) is 5.51. The molecule has 0 aliphatic carbocycles. The van der Waals surface area contributed by atoms with E-state index in [1.54, 1.807) is 0 Å². The minimum atomic E-state index is 0.347. The largest absolute Gasteiger partial charge is 0.475 e.